The van der Waals surface area contributed by atoms with Crippen molar-refractivity contribution in [3.63, 3.8) is 0 Å². The lowest BCUT2D eigenvalue weighted by Crippen LogP contribution is -2.47. The van der Waals surface area contributed by atoms with Crippen LogP contribution < -0.4 is 16.1 Å². The molecule has 1 fully saturated rings. The van der Waals surface area contributed by atoms with E-state index in [1.165, 1.54) is 16.8 Å². The summed E-state index contributed by atoms with van der Waals surface area (Å²) in [5.74, 6) is -0.497. The largest absolute Gasteiger partial charge is 0.506 e. The predicted octanol–water partition coefficient (Wildman–Crippen LogP) is 1.48. The molecule has 7 nitrogen and oxygen atoms in total. The Morgan fingerprint density at radius 2 is 1.85 bits per heavy atom. The number of nitrogens with zero attached hydrogens (tertiary/aromatic N) is 3. The molecule has 0 saturated carbocycles. The maximum atomic E-state index is 13.1. The van der Waals surface area contributed by atoms with Gasteiger partial charge in [-0.2, -0.15) is 0 Å². The molecule has 27 heavy (non-hydrogen) atoms. The Balaban J connectivity index is 0.00000261. The lowest BCUT2D eigenvalue weighted by molar-refractivity contribution is 0.249. The topological polar surface area (TPSA) is 81.6 Å². The standard InChI is InChI=1S/C18H23FN4O3.BrH/c1-13-12-20-18(26)23(17(13)25)6-2-5-21-7-9-22(10-8-21)15-4-3-14(19)11-16(15)24;/h3-4,11-12,24H,2,5-10H2,1H3,(H,20,26);1H. The van der Waals surface area contributed by atoms with Crippen molar-refractivity contribution in [3.8, 4) is 5.75 Å². The SMILES string of the molecule is Br.Cc1c[nH]c(=O)n(CCCN2CCN(c3ccc(F)cc3O)CC2)c1=O. The number of piperazine rings is 1. The highest BCUT2D eigenvalue weighted by Crippen LogP contribution is 2.28. The number of aromatic amines is 1. The number of aromatic nitrogens is 2. The third kappa shape index (κ3) is 4.98. The summed E-state index contributed by atoms with van der Waals surface area (Å²) in [5, 5.41) is 9.89. The van der Waals surface area contributed by atoms with E-state index in [0.717, 1.165) is 38.8 Å². The molecule has 1 aromatic carbocycles. The fraction of sp³-hybridized carbons (Fsp3) is 0.444. The molecule has 0 radical (unpaired) electrons. The molecule has 9 heteroatoms. The van der Waals surface area contributed by atoms with Crippen LogP contribution in [0.2, 0.25) is 0 Å². The minimum atomic E-state index is -0.453. The predicted molar refractivity (Wildman–Crippen MR) is 108 cm³/mol. The van der Waals surface area contributed by atoms with Gasteiger partial charge in [-0.05, 0) is 32.0 Å². The van der Waals surface area contributed by atoms with E-state index in [2.05, 4.69) is 9.88 Å². The number of phenols is 1. The van der Waals surface area contributed by atoms with E-state index in [0.29, 0.717) is 24.2 Å². The van der Waals surface area contributed by atoms with Gasteiger partial charge in [0.15, 0.2) is 0 Å². The lowest BCUT2D eigenvalue weighted by Gasteiger charge is -2.36. The summed E-state index contributed by atoms with van der Waals surface area (Å²) < 4.78 is 14.3. The average Bonchev–Trinajstić information content (AvgIpc) is 2.62. The zero-order valence-electron chi connectivity index (χ0n) is 15.2. The van der Waals surface area contributed by atoms with Crippen molar-refractivity contribution in [2.24, 2.45) is 0 Å². The van der Waals surface area contributed by atoms with Gasteiger partial charge in [0.1, 0.15) is 11.6 Å². The number of halogens is 2. The number of hydrogen-bond donors (Lipinski definition) is 2. The first-order chi connectivity index (χ1) is 12.5. The third-order valence-corrected chi connectivity index (χ3v) is 4.75. The van der Waals surface area contributed by atoms with Crippen molar-refractivity contribution in [1.82, 2.24) is 14.5 Å². The van der Waals surface area contributed by atoms with Crippen LogP contribution in [0.5, 0.6) is 5.75 Å². The molecule has 2 N–H and O–H groups in total. The summed E-state index contributed by atoms with van der Waals surface area (Å²) in [4.78, 5) is 30.6. The summed E-state index contributed by atoms with van der Waals surface area (Å²) in [6.45, 7) is 5.90. The van der Waals surface area contributed by atoms with Crippen LogP contribution in [0.25, 0.3) is 0 Å². The number of nitrogens with one attached hydrogen (secondary N) is 1. The number of phenolic OH excluding ortho intramolecular Hbond substituents is 1. The highest BCUT2D eigenvalue weighted by atomic mass is 79.9. The molecule has 0 bridgehead atoms. The van der Waals surface area contributed by atoms with E-state index >= 15 is 0 Å². The van der Waals surface area contributed by atoms with Crippen molar-refractivity contribution in [2.75, 3.05) is 37.6 Å². The molecular formula is C18H24BrFN4O3. The maximum absolute atomic E-state index is 13.1. The first-order valence-corrected chi connectivity index (χ1v) is 8.70. The van der Waals surface area contributed by atoms with Crippen LogP contribution >= 0.6 is 17.0 Å². The molecule has 148 valence electrons. The van der Waals surface area contributed by atoms with E-state index in [1.54, 1.807) is 13.0 Å². The quantitative estimate of drug-likeness (QED) is 0.732. The molecule has 0 amide bonds. The van der Waals surface area contributed by atoms with Gasteiger partial charge in [-0.25, -0.2) is 9.18 Å². The van der Waals surface area contributed by atoms with Gasteiger partial charge >= 0.3 is 5.69 Å². The second kappa shape index (κ2) is 9.18. The van der Waals surface area contributed by atoms with Crippen molar-refractivity contribution in [2.45, 2.75) is 19.9 Å². The molecular weight excluding hydrogens is 419 g/mol. The Hall–Kier alpha value is -2.13. The van der Waals surface area contributed by atoms with Crippen molar-refractivity contribution >= 4 is 22.7 Å². The second-order valence-corrected chi connectivity index (χ2v) is 6.55. The number of rotatable bonds is 5. The molecule has 0 atom stereocenters. The van der Waals surface area contributed by atoms with E-state index < -0.39 is 5.82 Å². The monoisotopic (exact) mass is 442 g/mol. The van der Waals surface area contributed by atoms with Crippen LogP contribution in [0.15, 0.2) is 34.0 Å². The van der Waals surface area contributed by atoms with Gasteiger partial charge in [-0.15, -0.1) is 17.0 Å². The first-order valence-electron chi connectivity index (χ1n) is 8.70. The number of hydrogen-bond acceptors (Lipinski definition) is 5. The van der Waals surface area contributed by atoms with Gasteiger partial charge in [0.25, 0.3) is 5.56 Å². The summed E-state index contributed by atoms with van der Waals surface area (Å²) in [6, 6.07) is 4.06. The minimum Gasteiger partial charge on any atom is -0.506 e. The molecule has 1 aliphatic heterocycles. The van der Waals surface area contributed by atoms with Gasteiger partial charge in [0.05, 0.1) is 5.69 Å². The molecule has 0 unspecified atom stereocenters. The molecule has 1 aromatic heterocycles. The maximum Gasteiger partial charge on any atom is 0.328 e. The highest BCUT2D eigenvalue weighted by molar-refractivity contribution is 8.93. The van der Waals surface area contributed by atoms with Gasteiger partial charge in [-0.1, -0.05) is 0 Å². The Morgan fingerprint density at radius 1 is 1.15 bits per heavy atom. The van der Waals surface area contributed by atoms with Crippen molar-refractivity contribution in [1.29, 1.82) is 0 Å². The van der Waals surface area contributed by atoms with E-state index in [-0.39, 0.29) is 34.0 Å². The van der Waals surface area contributed by atoms with Crippen LogP contribution in [0.1, 0.15) is 12.0 Å². The summed E-state index contributed by atoms with van der Waals surface area (Å²) in [6.07, 6.45) is 2.14. The fourth-order valence-electron chi connectivity index (χ4n) is 3.25. The van der Waals surface area contributed by atoms with Crippen LogP contribution in [-0.4, -0.2) is 52.3 Å². The van der Waals surface area contributed by atoms with Crippen LogP contribution in [0.4, 0.5) is 10.1 Å². The molecule has 0 aliphatic carbocycles. The first kappa shape index (κ1) is 21.2. The molecule has 3 rings (SSSR count). The summed E-state index contributed by atoms with van der Waals surface area (Å²) in [7, 11) is 0. The van der Waals surface area contributed by atoms with Gasteiger partial charge in [0, 0.05) is 50.6 Å². The Morgan fingerprint density at radius 3 is 2.52 bits per heavy atom. The second-order valence-electron chi connectivity index (χ2n) is 6.55. The third-order valence-electron chi connectivity index (χ3n) is 4.75. The zero-order chi connectivity index (χ0) is 18.7. The Kier molecular flexibility index (Phi) is 7.20. The molecule has 1 aliphatic rings. The van der Waals surface area contributed by atoms with Crippen molar-refractivity contribution < 1.29 is 9.50 Å². The van der Waals surface area contributed by atoms with E-state index in [4.69, 9.17) is 0 Å². The number of aryl methyl sites for hydroxylation is 1. The number of H-pyrrole nitrogens is 1. The van der Waals surface area contributed by atoms with Crippen LogP contribution in [-0.2, 0) is 6.54 Å². The highest BCUT2D eigenvalue weighted by Gasteiger charge is 2.19. The van der Waals surface area contributed by atoms with E-state index in [1.807, 2.05) is 4.90 Å². The van der Waals surface area contributed by atoms with Crippen LogP contribution in [0.3, 0.4) is 0 Å². The Labute approximate surface area is 166 Å². The number of aromatic hydroxyl groups is 1. The smallest absolute Gasteiger partial charge is 0.328 e. The molecule has 1 saturated heterocycles. The molecule has 2 heterocycles. The average molecular weight is 443 g/mol. The number of anilines is 1. The van der Waals surface area contributed by atoms with Gasteiger partial charge < -0.3 is 15.0 Å². The van der Waals surface area contributed by atoms with Gasteiger partial charge in [0.2, 0.25) is 0 Å². The Bertz CT molecular complexity index is 891. The minimum absolute atomic E-state index is 0. The summed E-state index contributed by atoms with van der Waals surface area (Å²) in [5.41, 5.74) is 0.545. The summed E-state index contributed by atoms with van der Waals surface area (Å²) >= 11 is 0. The van der Waals surface area contributed by atoms with Gasteiger partial charge in [-0.3, -0.25) is 14.3 Å². The number of benzene rings is 1. The molecule has 0 spiro atoms. The normalized spacial score (nSPS) is 14.8. The van der Waals surface area contributed by atoms with Crippen LogP contribution in [0, 0.1) is 12.7 Å². The van der Waals surface area contributed by atoms with E-state index in [9.17, 15) is 19.1 Å². The fourth-order valence-corrected chi connectivity index (χ4v) is 3.25. The lowest BCUT2D eigenvalue weighted by atomic mass is 10.2. The van der Waals surface area contributed by atoms with Crippen molar-refractivity contribution in [3.05, 3.63) is 56.6 Å². The molecule has 2 aromatic rings. The zero-order valence-corrected chi connectivity index (χ0v) is 16.9.